The van der Waals surface area contributed by atoms with Crippen molar-refractivity contribution in [1.29, 1.82) is 0 Å². The van der Waals surface area contributed by atoms with E-state index in [1.807, 2.05) is 6.92 Å². The highest BCUT2D eigenvalue weighted by molar-refractivity contribution is 5.74. The Kier molecular flexibility index (Phi) is 4.33. The van der Waals surface area contributed by atoms with Gasteiger partial charge in [0, 0.05) is 20.4 Å². The van der Waals surface area contributed by atoms with Crippen LogP contribution in [0.4, 0.5) is 0 Å². The van der Waals surface area contributed by atoms with Crippen molar-refractivity contribution in [2.75, 3.05) is 6.54 Å². The summed E-state index contributed by atoms with van der Waals surface area (Å²) in [7, 11) is 0. The predicted molar refractivity (Wildman–Crippen MR) is 44.3 cm³/mol. The van der Waals surface area contributed by atoms with Crippen LogP contribution in [0.15, 0.2) is 0 Å². The summed E-state index contributed by atoms with van der Waals surface area (Å²) in [4.78, 5) is 22.9. The fraction of sp³-hybridized carbons (Fsp3) is 0.750. The molecule has 0 saturated carbocycles. The van der Waals surface area contributed by atoms with Gasteiger partial charge in [0.05, 0.1) is 0 Å². The highest BCUT2D eigenvalue weighted by Crippen LogP contribution is 2.00. The average molecular weight is 173 g/mol. The van der Waals surface area contributed by atoms with Crippen molar-refractivity contribution in [2.24, 2.45) is 0 Å². The third-order valence-electron chi connectivity index (χ3n) is 1.52. The largest absolute Gasteiger partial charge is 0.442 e. The zero-order valence-electron chi connectivity index (χ0n) is 7.96. The summed E-state index contributed by atoms with van der Waals surface area (Å²) in [5.74, 6) is -0.464. The number of esters is 1. The minimum absolute atomic E-state index is 0.0914. The molecule has 4 nitrogen and oxygen atoms in total. The first-order valence-electron chi connectivity index (χ1n) is 3.93. The number of carbonyl (C=O) groups excluding carboxylic acids is 2. The molecule has 0 N–H and O–H groups in total. The minimum atomic E-state index is -0.468. The van der Waals surface area contributed by atoms with Gasteiger partial charge < -0.3 is 9.64 Å². The molecule has 0 spiro atoms. The van der Waals surface area contributed by atoms with Gasteiger partial charge in [-0.3, -0.25) is 9.59 Å². The first kappa shape index (κ1) is 10.9. The molecule has 0 aromatic rings. The van der Waals surface area contributed by atoms with Gasteiger partial charge in [-0.1, -0.05) is 0 Å². The summed E-state index contributed by atoms with van der Waals surface area (Å²) >= 11 is 0. The number of amides is 1. The zero-order valence-corrected chi connectivity index (χ0v) is 7.96. The summed E-state index contributed by atoms with van der Waals surface area (Å²) in [6, 6.07) is 0. The highest BCUT2D eigenvalue weighted by Gasteiger charge is 2.16. The van der Waals surface area contributed by atoms with Gasteiger partial charge in [-0.25, -0.2) is 0 Å². The van der Waals surface area contributed by atoms with Gasteiger partial charge in [-0.15, -0.1) is 0 Å². The highest BCUT2D eigenvalue weighted by atomic mass is 16.6. The zero-order chi connectivity index (χ0) is 9.72. The van der Waals surface area contributed by atoms with Gasteiger partial charge in [0.1, 0.15) is 0 Å². The Morgan fingerprint density at radius 1 is 1.42 bits per heavy atom. The van der Waals surface area contributed by atoms with E-state index in [0.29, 0.717) is 6.54 Å². The van der Waals surface area contributed by atoms with Crippen LogP contribution in [0.2, 0.25) is 0 Å². The third-order valence-corrected chi connectivity index (χ3v) is 1.52. The van der Waals surface area contributed by atoms with Crippen LogP contribution >= 0.6 is 0 Å². The molecule has 0 aromatic heterocycles. The Balaban J connectivity index is 4.11. The molecule has 0 saturated heterocycles. The molecule has 0 fully saturated rings. The molecule has 4 heteroatoms. The molecule has 0 aliphatic rings. The maximum absolute atomic E-state index is 10.9. The average Bonchev–Trinajstić information content (AvgIpc) is 1.85. The number of carbonyl (C=O) groups is 2. The lowest BCUT2D eigenvalue weighted by atomic mass is 10.4. The second-order valence-electron chi connectivity index (χ2n) is 2.51. The topological polar surface area (TPSA) is 46.6 Å². The molecule has 70 valence electrons. The van der Waals surface area contributed by atoms with E-state index in [-0.39, 0.29) is 11.9 Å². The van der Waals surface area contributed by atoms with Gasteiger partial charge >= 0.3 is 5.97 Å². The molecule has 0 rings (SSSR count). The van der Waals surface area contributed by atoms with E-state index in [0.717, 1.165) is 0 Å². The van der Waals surface area contributed by atoms with E-state index in [4.69, 9.17) is 4.74 Å². The van der Waals surface area contributed by atoms with E-state index < -0.39 is 6.23 Å². The molecule has 12 heavy (non-hydrogen) atoms. The quantitative estimate of drug-likeness (QED) is 0.467. The Morgan fingerprint density at radius 3 is 2.17 bits per heavy atom. The molecule has 0 radical (unpaired) electrons. The maximum Gasteiger partial charge on any atom is 0.304 e. The van der Waals surface area contributed by atoms with E-state index in [9.17, 15) is 9.59 Å². The van der Waals surface area contributed by atoms with Crippen LogP contribution in [0.1, 0.15) is 27.7 Å². The molecule has 0 aromatic carbocycles. The summed E-state index contributed by atoms with van der Waals surface area (Å²) in [5.41, 5.74) is 0. The normalized spacial score (nSPS) is 12.0. The number of nitrogens with zero attached hydrogens (tertiary/aromatic N) is 1. The van der Waals surface area contributed by atoms with Gasteiger partial charge in [-0.05, 0) is 13.8 Å². The first-order chi connectivity index (χ1) is 5.49. The molecule has 1 atom stereocenters. The van der Waals surface area contributed by atoms with Crippen LogP contribution in [0.5, 0.6) is 0 Å². The SMILES string of the molecule is CCN(C(C)=O)C(C)OC(C)=O. The van der Waals surface area contributed by atoms with Crippen molar-refractivity contribution in [3.63, 3.8) is 0 Å². The molecule has 0 aliphatic carbocycles. The molecule has 0 bridgehead atoms. The standard InChI is InChI=1S/C8H15NO3/c1-5-9(6(2)10)7(3)12-8(4)11/h7H,5H2,1-4H3. The Labute approximate surface area is 72.5 Å². The Bertz CT molecular complexity index is 179. The van der Waals surface area contributed by atoms with Gasteiger partial charge in [0.2, 0.25) is 5.91 Å². The fourth-order valence-electron chi connectivity index (χ4n) is 1.04. The second-order valence-corrected chi connectivity index (χ2v) is 2.51. The van der Waals surface area contributed by atoms with Crippen LogP contribution in [-0.2, 0) is 14.3 Å². The lowest BCUT2D eigenvalue weighted by molar-refractivity contribution is -0.159. The Hall–Kier alpha value is -1.06. The van der Waals surface area contributed by atoms with Crippen LogP contribution in [-0.4, -0.2) is 29.5 Å². The van der Waals surface area contributed by atoms with Gasteiger partial charge in [-0.2, -0.15) is 0 Å². The molecule has 0 heterocycles. The van der Waals surface area contributed by atoms with E-state index >= 15 is 0 Å². The number of ether oxygens (including phenoxy) is 1. The third kappa shape index (κ3) is 3.37. The summed E-state index contributed by atoms with van der Waals surface area (Å²) in [6.45, 7) is 6.82. The molecular formula is C8H15NO3. The van der Waals surface area contributed by atoms with Crippen molar-refractivity contribution < 1.29 is 14.3 Å². The lowest BCUT2D eigenvalue weighted by Crippen LogP contribution is -2.39. The summed E-state index contributed by atoms with van der Waals surface area (Å²) in [6.07, 6.45) is -0.468. The number of hydrogen-bond acceptors (Lipinski definition) is 3. The number of rotatable bonds is 3. The van der Waals surface area contributed by atoms with Crippen LogP contribution < -0.4 is 0 Å². The van der Waals surface area contributed by atoms with Crippen molar-refractivity contribution in [3.8, 4) is 0 Å². The first-order valence-corrected chi connectivity index (χ1v) is 3.93. The second kappa shape index (κ2) is 4.74. The van der Waals surface area contributed by atoms with E-state index in [2.05, 4.69) is 0 Å². The molecule has 1 unspecified atom stereocenters. The van der Waals surface area contributed by atoms with Crippen LogP contribution in [0, 0.1) is 0 Å². The maximum atomic E-state index is 10.9. The van der Waals surface area contributed by atoms with Crippen molar-refractivity contribution in [3.05, 3.63) is 0 Å². The van der Waals surface area contributed by atoms with E-state index in [1.165, 1.54) is 18.7 Å². The smallest absolute Gasteiger partial charge is 0.304 e. The van der Waals surface area contributed by atoms with Crippen molar-refractivity contribution >= 4 is 11.9 Å². The van der Waals surface area contributed by atoms with Gasteiger partial charge in [0.15, 0.2) is 6.23 Å². The molecule has 1 amide bonds. The minimum Gasteiger partial charge on any atom is -0.442 e. The fourth-order valence-corrected chi connectivity index (χ4v) is 1.04. The predicted octanol–water partition coefficient (Wildman–Crippen LogP) is 0.764. The van der Waals surface area contributed by atoms with Crippen molar-refractivity contribution in [2.45, 2.75) is 33.9 Å². The van der Waals surface area contributed by atoms with Crippen LogP contribution in [0.25, 0.3) is 0 Å². The lowest BCUT2D eigenvalue weighted by Gasteiger charge is -2.25. The summed E-state index contributed by atoms with van der Waals surface area (Å²) < 4.78 is 4.83. The Morgan fingerprint density at radius 2 is 1.92 bits per heavy atom. The molecule has 0 aliphatic heterocycles. The number of hydrogen-bond donors (Lipinski definition) is 0. The van der Waals surface area contributed by atoms with E-state index in [1.54, 1.807) is 6.92 Å². The van der Waals surface area contributed by atoms with Crippen molar-refractivity contribution in [1.82, 2.24) is 4.90 Å². The van der Waals surface area contributed by atoms with Gasteiger partial charge in [0.25, 0.3) is 0 Å². The van der Waals surface area contributed by atoms with Crippen LogP contribution in [0.3, 0.4) is 0 Å². The summed E-state index contributed by atoms with van der Waals surface area (Å²) in [5, 5.41) is 0. The monoisotopic (exact) mass is 173 g/mol. The molecular weight excluding hydrogens is 158 g/mol.